The molecule has 1 aliphatic carbocycles. The van der Waals surface area contributed by atoms with Crippen LogP contribution in [-0.2, 0) is 14.3 Å². The normalized spacial score (nSPS) is 27.2. The second kappa shape index (κ2) is 10.3. The van der Waals surface area contributed by atoms with Crippen molar-refractivity contribution in [1.82, 2.24) is 4.90 Å². The van der Waals surface area contributed by atoms with Gasteiger partial charge in [-0.05, 0) is 50.5 Å². The lowest BCUT2D eigenvalue weighted by atomic mass is 9.78. The SMILES string of the molecule is CCO[C@@H]1OC(C(=O)N(C)C2CCCCC2)=C[C@H](C(C)C)[C@H]1CCCO. The summed E-state index contributed by atoms with van der Waals surface area (Å²) < 4.78 is 11.9. The number of aliphatic hydroxyl groups excluding tert-OH is 1. The number of likely N-dealkylation sites (N-methyl/N-ethyl adjacent to an activating group) is 1. The molecule has 0 unspecified atom stereocenters. The lowest BCUT2D eigenvalue weighted by molar-refractivity contribution is -0.178. The minimum Gasteiger partial charge on any atom is -0.459 e. The first-order valence-corrected chi connectivity index (χ1v) is 10.4. The number of hydrogen-bond acceptors (Lipinski definition) is 4. The van der Waals surface area contributed by atoms with Crippen molar-refractivity contribution in [3.63, 3.8) is 0 Å². The summed E-state index contributed by atoms with van der Waals surface area (Å²) in [4.78, 5) is 14.9. The van der Waals surface area contributed by atoms with Gasteiger partial charge in [0.05, 0.1) is 0 Å². The first-order chi connectivity index (χ1) is 12.5. The molecule has 1 N–H and O–H groups in total. The Morgan fingerprint density at radius 3 is 2.62 bits per heavy atom. The molecule has 1 saturated carbocycles. The van der Waals surface area contributed by atoms with E-state index >= 15 is 0 Å². The Bertz CT molecular complexity index is 471. The quantitative estimate of drug-likeness (QED) is 0.710. The maximum atomic E-state index is 13.1. The van der Waals surface area contributed by atoms with Crippen LogP contribution < -0.4 is 0 Å². The molecule has 1 heterocycles. The van der Waals surface area contributed by atoms with Gasteiger partial charge in [0.15, 0.2) is 5.76 Å². The largest absolute Gasteiger partial charge is 0.459 e. The highest BCUT2D eigenvalue weighted by Gasteiger charge is 2.39. The highest BCUT2D eigenvalue weighted by Crippen LogP contribution is 2.37. The Morgan fingerprint density at radius 2 is 2.04 bits per heavy atom. The highest BCUT2D eigenvalue weighted by atomic mass is 16.7. The molecule has 0 radical (unpaired) electrons. The van der Waals surface area contributed by atoms with Gasteiger partial charge in [-0.25, -0.2) is 0 Å². The monoisotopic (exact) mass is 367 g/mol. The maximum absolute atomic E-state index is 13.1. The first-order valence-electron chi connectivity index (χ1n) is 10.4. The number of carbonyl (C=O) groups is 1. The number of ether oxygens (including phenoxy) is 2. The lowest BCUT2D eigenvalue weighted by Gasteiger charge is -2.40. The van der Waals surface area contributed by atoms with E-state index in [9.17, 15) is 9.90 Å². The van der Waals surface area contributed by atoms with Crippen molar-refractivity contribution >= 4 is 5.91 Å². The van der Waals surface area contributed by atoms with Crippen LogP contribution in [0.25, 0.3) is 0 Å². The zero-order valence-electron chi connectivity index (χ0n) is 16.9. The zero-order valence-corrected chi connectivity index (χ0v) is 16.9. The summed E-state index contributed by atoms with van der Waals surface area (Å²) in [6, 6.07) is 0.316. The molecule has 1 aliphatic heterocycles. The van der Waals surface area contributed by atoms with Gasteiger partial charge < -0.3 is 19.5 Å². The van der Waals surface area contributed by atoms with Crippen LogP contribution in [0.15, 0.2) is 11.8 Å². The average Bonchev–Trinajstić information content (AvgIpc) is 2.66. The number of amides is 1. The summed E-state index contributed by atoms with van der Waals surface area (Å²) in [7, 11) is 1.90. The van der Waals surface area contributed by atoms with Crippen molar-refractivity contribution in [2.75, 3.05) is 20.3 Å². The van der Waals surface area contributed by atoms with E-state index in [4.69, 9.17) is 9.47 Å². The molecule has 0 aromatic heterocycles. The molecular weight excluding hydrogens is 330 g/mol. The second-order valence-corrected chi connectivity index (χ2v) is 8.03. The summed E-state index contributed by atoms with van der Waals surface area (Å²) in [5, 5.41) is 9.24. The smallest absolute Gasteiger partial charge is 0.288 e. The molecule has 0 aromatic carbocycles. The van der Waals surface area contributed by atoms with Gasteiger partial charge in [0.2, 0.25) is 6.29 Å². The van der Waals surface area contributed by atoms with Gasteiger partial charge >= 0.3 is 0 Å². The van der Waals surface area contributed by atoms with E-state index in [0.29, 0.717) is 24.3 Å². The average molecular weight is 368 g/mol. The summed E-state index contributed by atoms with van der Waals surface area (Å²) in [6.45, 7) is 7.01. The Balaban J connectivity index is 2.18. The van der Waals surface area contributed by atoms with E-state index in [1.807, 2.05) is 24.9 Å². The minimum absolute atomic E-state index is 0.0205. The highest BCUT2D eigenvalue weighted by molar-refractivity contribution is 5.91. The van der Waals surface area contributed by atoms with Crippen LogP contribution in [0.2, 0.25) is 0 Å². The van der Waals surface area contributed by atoms with E-state index < -0.39 is 6.29 Å². The fourth-order valence-corrected chi connectivity index (χ4v) is 4.33. The Kier molecular flexibility index (Phi) is 8.42. The third-order valence-corrected chi connectivity index (χ3v) is 5.88. The van der Waals surface area contributed by atoms with Gasteiger partial charge in [-0.15, -0.1) is 0 Å². The molecule has 5 nitrogen and oxygen atoms in total. The van der Waals surface area contributed by atoms with Crippen LogP contribution in [0, 0.1) is 17.8 Å². The van der Waals surface area contributed by atoms with Gasteiger partial charge in [-0.1, -0.05) is 33.1 Å². The summed E-state index contributed by atoms with van der Waals surface area (Å²) in [6.07, 6.45) is 8.98. The van der Waals surface area contributed by atoms with Crippen molar-refractivity contribution in [2.45, 2.75) is 78.0 Å². The van der Waals surface area contributed by atoms with Crippen molar-refractivity contribution in [3.8, 4) is 0 Å². The fourth-order valence-electron chi connectivity index (χ4n) is 4.33. The predicted molar refractivity (Wildman–Crippen MR) is 102 cm³/mol. The zero-order chi connectivity index (χ0) is 19.1. The van der Waals surface area contributed by atoms with E-state index in [1.54, 1.807) is 0 Å². The third-order valence-electron chi connectivity index (χ3n) is 5.88. The molecule has 150 valence electrons. The lowest BCUT2D eigenvalue weighted by Crippen LogP contribution is -2.44. The van der Waals surface area contributed by atoms with Crippen LogP contribution in [0.4, 0.5) is 0 Å². The van der Waals surface area contributed by atoms with Crippen LogP contribution in [0.3, 0.4) is 0 Å². The Labute approximate surface area is 158 Å². The van der Waals surface area contributed by atoms with E-state index in [2.05, 4.69) is 13.8 Å². The molecule has 1 fully saturated rings. The fraction of sp³-hybridized carbons (Fsp3) is 0.857. The van der Waals surface area contributed by atoms with Crippen molar-refractivity contribution < 1.29 is 19.4 Å². The van der Waals surface area contributed by atoms with Gasteiger partial charge in [-0.3, -0.25) is 4.79 Å². The first kappa shape index (κ1) is 21.2. The van der Waals surface area contributed by atoms with E-state index in [-0.39, 0.29) is 24.3 Å². The van der Waals surface area contributed by atoms with Gasteiger partial charge in [0, 0.05) is 32.2 Å². The second-order valence-electron chi connectivity index (χ2n) is 8.03. The van der Waals surface area contributed by atoms with Crippen LogP contribution in [0.5, 0.6) is 0 Å². The molecule has 1 amide bonds. The molecule has 0 bridgehead atoms. The summed E-state index contributed by atoms with van der Waals surface area (Å²) >= 11 is 0. The van der Waals surface area contributed by atoms with Crippen LogP contribution >= 0.6 is 0 Å². The Hall–Kier alpha value is -1.07. The van der Waals surface area contributed by atoms with Gasteiger partial charge in [0.25, 0.3) is 5.91 Å². The maximum Gasteiger partial charge on any atom is 0.288 e. The number of rotatable bonds is 8. The topological polar surface area (TPSA) is 59.0 Å². The van der Waals surface area contributed by atoms with Gasteiger partial charge in [0.1, 0.15) is 0 Å². The van der Waals surface area contributed by atoms with E-state index in [1.165, 1.54) is 19.3 Å². The predicted octanol–water partition coefficient (Wildman–Crippen LogP) is 3.72. The molecule has 5 heteroatoms. The standard InChI is InChI=1S/C21H37NO4/c1-5-25-21-17(12-9-13-23)18(15(2)3)14-19(26-21)20(24)22(4)16-10-7-6-8-11-16/h14-18,21,23H,5-13H2,1-4H3/t17-,18-,21-/m1/s1. The Morgan fingerprint density at radius 1 is 1.35 bits per heavy atom. The summed E-state index contributed by atoms with van der Waals surface area (Å²) in [5.41, 5.74) is 0. The van der Waals surface area contributed by atoms with Crippen molar-refractivity contribution in [1.29, 1.82) is 0 Å². The number of hydrogen-bond donors (Lipinski definition) is 1. The number of allylic oxidation sites excluding steroid dienone is 1. The van der Waals surface area contributed by atoms with Crippen LogP contribution in [0.1, 0.15) is 65.7 Å². The molecule has 0 spiro atoms. The molecule has 2 rings (SSSR count). The van der Waals surface area contributed by atoms with E-state index in [0.717, 1.165) is 25.7 Å². The van der Waals surface area contributed by atoms with Crippen molar-refractivity contribution in [2.24, 2.45) is 17.8 Å². The minimum atomic E-state index is -0.414. The van der Waals surface area contributed by atoms with Crippen molar-refractivity contribution in [3.05, 3.63) is 11.8 Å². The molecular formula is C21H37NO4. The number of nitrogens with zero attached hydrogens (tertiary/aromatic N) is 1. The molecule has 0 saturated heterocycles. The molecule has 2 aliphatic rings. The van der Waals surface area contributed by atoms with Gasteiger partial charge in [-0.2, -0.15) is 0 Å². The third kappa shape index (κ3) is 5.23. The number of aliphatic hydroxyl groups is 1. The molecule has 0 aromatic rings. The molecule has 26 heavy (non-hydrogen) atoms. The summed E-state index contributed by atoms with van der Waals surface area (Å²) in [5.74, 6) is 1.18. The number of carbonyl (C=O) groups excluding carboxylic acids is 1. The molecule has 3 atom stereocenters. The van der Waals surface area contributed by atoms with Crippen LogP contribution in [-0.4, -0.2) is 48.5 Å².